The van der Waals surface area contributed by atoms with Gasteiger partial charge < -0.3 is 9.84 Å². The molecule has 3 nitrogen and oxygen atoms in total. The molecule has 0 unspecified atom stereocenters. The van der Waals surface area contributed by atoms with Crippen LogP contribution in [0.5, 0.6) is 5.75 Å². The van der Waals surface area contributed by atoms with E-state index in [0.29, 0.717) is 12.2 Å². The van der Waals surface area contributed by atoms with E-state index in [-0.39, 0.29) is 5.75 Å². The molecular weight excluding hydrogens is 166 g/mol. The molecule has 0 aromatic heterocycles. The van der Waals surface area contributed by atoms with Crippen molar-refractivity contribution in [3.8, 4) is 11.8 Å². The normalized spacial score (nSPS) is 9.54. The minimum Gasteiger partial charge on any atom is -0.507 e. The van der Waals surface area contributed by atoms with E-state index in [2.05, 4.69) is 0 Å². The summed E-state index contributed by atoms with van der Waals surface area (Å²) >= 11 is 0. The van der Waals surface area contributed by atoms with Crippen molar-refractivity contribution < 1.29 is 9.84 Å². The van der Waals surface area contributed by atoms with Crippen LogP contribution >= 0.6 is 0 Å². The van der Waals surface area contributed by atoms with Crippen molar-refractivity contribution in [1.82, 2.24) is 0 Å². The molecule has 13 heavy (non-hydrogen) atoms. The third-order valence-corrected chi connectivity index (χ3v) is 1.78. The van der Waals surface area contributed by atoms with Crippen LogP contribution in [0.25, 0.3) is 0 Å². The summed E-state index contributed by atoms with van der Waals surface area (Å²) in [7, 11) is 1.63. The molecule has 1 aromatic rings. The zero-order chi connectivity index (χ0) is 9.68. The topological polar surface area (TPSA) is 53.2 Å². The van der Waals surface area contributed by atoms with Gasteiger partial charge in [0.25, 0.3) is 0 Å². The van der Waals surface area contributed by atoms with Crippen molar-refractivity contribution in [2.75, 3.05) is 13.7 Å². The van der Waals surface area contributed by atoms with E-state index in [1.165, 1.54) is 6.07 Å². The van der Waals surface area contributed by atoms with Crippen LogP contribution in [0.4, 0.5) is 0 Å². The number of nitriles is 1. The van der Waals surface area contributed by atoms with Crippen LogP contribution in [0, 0.1) is 11.3 Å². The van der Waals surface area contributed by atoms with Crippen molar-refractivity contribution >= 4 is 0 Å². The number of hydrogen-bond donors (Lipinski definition) is 1. The van der Waals surface area contributed by atoms with Crippen LogP contribution in [-0.2, 0) is 11.2 Å². The van der Waals surface area contributed by atoms with Gasteiger partial charge in [-0.3, -0.25) is 0 Å². The molecule has 0 spiro atoms. The van der Waals surface area contributed by atoms with Crippen molar-refractivity contribution in [3.63, 3.8) is 0 Å². The van der Waals surface area contributed by atoms with Crippen LogP contribution < -0.4 is 0 Å². The second-order valence-corrected chi connectivity index (χ2v) is 2.71. The highest BCUT2D eigenvalue weighted by atomic mass is 16.5. The maximum atomic E-state index is 9.21. The average molecular weight is 177 g/mol. The van der Waals surface area contributed by atoms with Gasteiger partial charge in [-0.15, -0.1) is 0 Å². The van der Waals surface area contributed by atoms with Gasteiger partial charge in [0, 0.05) is 7.11 Å². The largest absolute Gasteiger partial charge is 0.507 e. The number of rotatable bonds is 3. The lowest BCUT2D eigenvalue weighted by Crippen LogP contribution is -1.94. The standard InChI is InChI=1S/C10H11NO2/c1-13-5-4-8-2-3-10(12)9(6-8)7-11/h2-3,6,12H,4-5H2,1H3. The van der Waals surface area contributed by atoms with E-state index in [1.54, 1.807) is 19.2 Å². The molecule has 1 N–H and O–H groups in total. The van der Waals surface area contributed by atoms with E-state index in [9.17, 15) is 5.11 Å². The van der Waals surface area contributed by atoms with Gasteiger partial charge in [0.1, 0.15) is 11.8 Å². The Kier molecular flexibility index (Phi) is 3.30. The Morgan fingerprint density at radius 3 is 2.92 bits per heavy atom. The summed E-state index contributed by atoms with van der Waals surface area (Å²) in [5.41, 5.74) is 1.31. The van der Waals surface area contributed by atoms with Gasteiger partial charge in [0.15, 0.2) is 0 Å². The quantitative estimate of drug-likeness (QED) is 0.760. The highest BCUT2D eigenvalue weighted by Gasteiger charge is 2.00. The smallest absolute Gasteiger partial charge is 0.133 e. The van der Waals surface area contributed by atoms with Crippen molar-refractivity contribution in [3.05, 3.63) is 29.3 Å². The zero-order valence-electron chi connectivity index (χ0n) is 7.45. The molecule has 0 aliphatic rings. The van der Waals surface area contributed by atoms with Crippen molar-refractivity contribution in [2.24, 2.45) is 0 Å². The second kappa shape index (κ2) is 4.48. The summed E-state index contributed by atoms with van der Waals surface area (Å²) in [5.74, 6) is 0.0312. The molecule has 1 rings (SSSR count). The lowest BCUT2D eigenvalue weighted by molar-refractivity contribution is 0.202. The van der Waals surface area contributed by atoms with E-state index < -0.39 is 0 Å². The lowest BCUT2D eigenvalue weighted by atomic mass is 10.1. The minimum atomic E-state index is 0.0312. The number of hydrogen-bond acceptors (Lipinski definition) is 3. The fraction of sp³-hybridized carbons (Fsp3) is 0.300. The van der Waals surface area contributed by atoms with E-state index in [4.69, 9.17) is 10.00 Å². The Morgan fingerprint density at radius 2 is 2.31 bits per heavy atom. The lowest BCUT2D eigenvalue weighted by Gasteiger charge is -2.01. The van der Waals surface area contributed by atoms with Gasteiger partial charge in [-0.2, -0.15) is 5.26 Å². The molecule has 3 heteroatoms. The van der Waals surface area contributed by atoms with Crippen LogP contribution in [0.2, 0.25) is 0 Å². The summed E-state index contributed by atoms with van der Waals surface area (Å²) in [6, 6.07) is 6.91. The highest BCUT2D eigenvalue weighted by Crippen LogP contribution is 2.17. The summed E-state index contributed by atoms with van der Waals surface area (Å²) in [6.07, 6.45) is 0.755. The number of phenolic OH excluding ortho intramolecular Hbond substituents is 1. The molecule has 0 fully saturated rings. The number of aromatic hydroxyl groups is 1. The maximum Gasteiger partial charge on any atom is 0.133 e. The van der Waals surface area contributed by atoms with Crippen LogP contribution in [0.1, 0.15) is 11.1 Å². The summed E-state index contributed by atoms with van der Waals surface area (Å²) < 4.78 is 4.90. The molecule has 0 aliphatic heterocycles. The van der Waals surface area contributed by atoms with Crippen LogP contribution in [0.3, 0.4) is 0 Å². The fourth-order valence-corrected chi connectivity index (χ4v) is 1.05. The molecular formula is C10H11NO2. The first-order valence-electron chi connectivity index (χ1n) is 3.99. The summed E-state index contributed by atoms with van der Waals surface area (Å²) in [5, 5.41) is 17.8. The number of methoxy groups -OCH3 is 1. The molecule has 0 aliphatic carbocycles. The van der Waals surface area contributed by atoms with E-state index >= 15 is 0 Å². The van der Waals surface area contributed by atoms with E-state index in [0.717, 1.165) is 12.0 Å². The zero-order valence-corrected chi connectivity index (χ0v) is 7.45. The Labute approximate surface area is 77.2 Å². The first kappa shape index (κ1) is 9.56. The Hall–Kier alpha value is -1.53. The molecule has 1 aromatic carbocycles. The molecule has 0 bridgehead atoms. The number of phenols is 1. The monoisotopic (exact) mass is 177 g/mol. The fourth-order valence-electron chi connectivity index (χ4n) is 1.05. The maximum absolute atomic E-state index is 9.21. The van der Waals surface area contributed by atoms with E-state index in [1.807, 2.05) is 6.07 Å². The molecule has 0 atom stereocenters. The molecule has 0 saturated carbocycles. The van der Waals surface area contributed by atoms with Crippen molar-refractivity contribution in [1.29, 1.82) is 5.26 Å². The van der Waals surface area contributed by atoms with Gasteiger partial charge in [-0.05, 0) is 24.1 Å². The molecule has 0 amide bonds. The Balaban J connectivity index is 2.82. The highest BCUT2D eigenvalue weighted by molar-refractivity contribution is 5.44. The second-order valence-electron chi connectivity index (χ2n) is 2.71. The molecule has 0 saturated heterocycles. The van der Waals surface area contributed by atoms with Gasteiger partial charge in [-0.1, -0.05) is 6.07 Å². The number of nitrogens with zero attached hydrogens (tertiary/aromatic N) is 1. The first-order chi connectivity index (χ1) is 6.27. The first-order valence-corrected chi connectivity index (χ1v) is 3.99. The Morgan fingerprint density at radius 1 is 1.54 bits per heavy atom. The summed E-state index contributed by atoms with van der Waals surface area (Å²) in [6.45, 7) is 0.621. The average Bonchev–Trinajstić information content (AvgIpc) is 2.16. The van der Waals surface area contributed by atoms with Crippen molar-refractivity contribution in [2.45, 2.75) is 6.42 Å². The van der Waals surface area contributed by atoms with Gasteiger partial charge in [0.05, 0.1) is 12.2 Å². The van der Waals surface area contributed by atoms with Crippen LogP contribution in [-0.4, -0.2) is 18.8 Å². The molecule has 0 heterocycles. The van der Waals surface area contributed by atoms with Gasteiger partial charge in [-0.25, -0.2) is 0 Å². The van der Waals surface area contributed by atoms with Gasteiger partial charge in [0.2, 0.25) is 0 Å². The SMILES string of the molecule is COCCc1ccc(O)c(C#N)c1. The van der Waals surface area contributed by atoms with Gasteiger partial charge >= 0.3 is 0 Å². The van der Waals surface area contributed by atoms with Crippen LogP contribution in [0.15, 0.2) is 18.2 Å². The number of benzene rings is 1. The number of ether oxygens (including phenoxy) is 1. The predicted molar refractivity (Wildman–Crippen MR) is 48.4 cm³/mol. The Bertz CT molecular complexity index is 328. The third kappa shape index (κ3) is 2.46. The minimum absolute atomic E-state index is 0.0312. The molecule has 0 radical (unpaired) electrons. The third-order valence-electron chi connectivity index (χ3n) is 1.78. The molecule has 68 valence electrons. The summed E-state index contributed by atoms with van der Waals surface area (Å²) in [4.78, 5) is 0. The predicted octanol–water partition coefficient (Wildman–Crippen LogP) is 1.45.